The number of hydrogen-bond donors (Lipinski definition) is 0. The van der Waals surface area contributed by atoms with Crippen LogP contribution >= 0.6 is 0 Å². The standard InChI is InChI=1S/C61H55N5O.Pt/c1-59(2,3)44-32-33-62-56(37-44)66-54-29-17-16-26-52(54)53-31-30-49(39-55(53)66)67-48-25-18-24-47(38-48)64-40-65(63-58(64)43-34-45(60(4,5)6)36-46(35-43)61(7,8)9)57-50(41-20-12-10-13-21-41)27-19-28-51(57)42-22-14-11-15-23-42;/h10-37H,1-9H3;/q-2;/i10D,11D,12D,13D,14D,15D,20D,21D,22D,23D;. The molecular formula is C61H55N5OPt-2. The fourth-order valence-corrected chi connectivity index (χ4v) is 8.25. The fourth-order valence-electron chi connectivity index (χ4n) is 8.25. The second kappa shape index (κ2) is 18.0. The Morgan fingerprint density at radius 3 is 1.81 bits per heavy atom. The Balaban J connectivity index is 0.00000740. The van der Waals surface area contributed by atoms with E-state index in [4.69, 9.17) is 28.5 Å². The molecule has 0 saturated carbocycles. The first-order chi connectivity index (χ1) is 36.2. The van der Waals surface area contributed by atoms with Crippen LogP contribution in [0, 0.1) is 18.5 Å². The molecule has 0 bridgehead atoms. The number of pyridine rings is 1. The number of aromatic nitrogens is 5. The zero-order chi connectivity index (χ0) is 55.4. The van der Waals surface area contributed by atoms with E-state index in [1.165, 1.54) is 4.68 Å². The van der Waals surface area contributed by atoms with Gasteiger partial charge in [0.1, 0.15) is 5.82 Å². The largest absolute Gasteiger partial charge is 0.510 e. The summed E-state index contributed by atoms with van der Waals surface area (Å²) in [5.74, 6) is 1.83. The molecule has 7 heteroatoms. The van der Waals surface area contributed by atoms with Gasteiger partial charge in [-0.1, -0.05) is 189 Å². The molecule has 0 fully saturated rings. The van der Waals surface area contributed by atoms with Crippen LogP contribution in [0.25, 0.3) is 72.6 Å². The molecule has 0 saturated heterocycles. The Morgan fingerprint density at radius 1 is 0.574 bits per heavy atom. The van der Waals surface area contributed by atoms with Gasteiger partial charge in [-0.3, -0.25) is 0 Å². The molecule has 10 rings (SSSR count). The van der Waals surface area contributed by atoms with E-state index in [1.54, 1.807) is 28.8 Å². The van der Waals surface area contributed by atoms with Gasteiger partial charge in [0.05, 0.1) is 19.4 Å². The summed E-state index contributed by atoms with van der Waals surface area (Å²) in [5, 5.41) is 7.26. The van der Waals surface area contributed by atoms with Gasteiger partial charge in [0.15, 0.2) is 5.82 Å². The number of rotatable bonds is 8. The zero-order valence-corrected chi connectivity index (χ0v) is 41.6. The summed E-state index contributed by atoms with van der Waals surface area (Å²) in [4.78, 5) is 4.83. The van der Waals surface area contributed by atoms with E-state index in [0.29, 0.717) is 28.6 Å². The Morgan fingerprint density at radius 2 is 1.18 bits per heavy atom. The summed E-state index contributed by atoms with van der Waals surface area (Å²) >= 11 is 0. The SMILES string of the molecule is [2H]c1c([2H])c([2H])c(-c2cccc(-c3c([2H])c([2H])c([2H])c([2H])c3[2H])c2-[n+]2[c-]n(-c3[c-]c(Oc4[c-]c5c(cc4)c4ccccc4n5-c4cc(C(C)(C)C)ccn4)ccc3)c(-c3cc(C(C)(C)C)cc(C(C)(C)C)c3)n2)c([2H])c1[2H].[Pt]. The van der Waals surface area contributed by atoms with E-state index in [0.717, 1.165) is 44.3 Å². The molecule has 0 N–H and O–H groups in total. The van der Waals surface area contributed by atoms with Crippen LogP contribution in [0.15, 0.2) is 170 Å². The topological polar surface area (TPSA) is 48.8 Å². The predicted molar refractivity (Wildman–Crippen MR) is 273 cm³/mol. The van der Waals surface area contributed by atoms with E-state index < -0.39 is 60.4 Å². The second-order valence-corrected chi connectivity index (χ2v) is 19.8. The van der Waals surface area contributed by atoms with Gasteiger partial charge in [-0.2, -0.15) is 22.9 Å². The molecule has 0 radical (unpaired) electrons. The zero-order valence-electron chi connectivity index (χ0n) is 49.4. The maximum absolute atomic E-state index is 9.14. The van der Waals surface area contributed by atoms with E-state index in [1.807, 2.05) is 48.7 Å². The molecule has 6 nitrogen and oxygen atoms in total. The van der Waals surface area contributed by atoms with Gasteiger partial charge in [-0.25, -0.2) is 4.98 Å². The van der Waals surface area contributed by atoms with Gasteiger partial charge < -0.3 is 13.9 Å². The van der Waals surface area contributed by atoms with Crippen molar-refractivity contribution in [3.8, 4) is 62.3 Å². The van der Waals surface area contributed by atoms with Gasteiger partial charge >= 0.3 is 0 Å². The van der Waals surface area contributed by atoms with Crippen molar-refractivity contribution in [2.24, 2.45) is 0 Å². The normalized spacial score (nSPS) is 14.1. The molecule has 342 valence electrons. The summed E-state index contributed by atoms with van der Waals surface area (Å²) in [7, 11) is 0. The maximum atomic E-state index is 9.14. The van der Waals surface area contributed by atoms with Crippen LogP contribution in [0.4, 0.5) is 0 Å². The number of ether oxygens (including phenoxy) is 1. The van der Waals surface area contributed by atoms with Crippen LogP contribution in [0.2, 0.25) is 0 Å². The summed E-state index contributed by atoms with van der Waals surface area (Å²) in [6.45, 7) is 19.3. The third-order valence-electron chi connectivity index (χ3n) is 11.9. The molecule has 0 aliphatic carbocycles. The maximum Gasteiger partial charge on any atom is 0.272 e. The average molecular weight is 1080 g/mol. The van der Waals surface area contributed by atoms with Crippen LogP contribution in [-0.4, -0.2) is 19.2 Å². The first kappa shape index (κ1) is 35.3. The van der Waals surface area contributed by atoms with Crippen LogP contribution in [0.5, 0.6) is 11.5 Å². The average Bonchev–Trinajstić information content (AvgIpc) is 4.10. The molecule has 3 aromatic heterocycles. The minimum Gasteiger partial charge on any atom is -0.510 e. The molecule has 0 aliphatic heterocycles. The first-order valence-corrected chi connectivity index (χ1v) is 22.3. The number of hydrogen-bond acceptors (Lipinski definition) is 3. The molecule has 0 atom stereocenters. The van der Waals surface area contributed by atoms with Gasteiger partial charge in [-0.15, -0.1) is 34.8 Å². The van der Waals surface area contributed by atoms with E-state index >= 15 is 0 Å². The molecule has 0 unspecified atom stereocenters. The predicted octanol–water partition coefficient (Wildman–Crippen LogP) is 14.7. The number of para-hydroxylation sites is 2. The van der Waals surface area contributed by atoms with Crippen LogP contribution in [0.1, 0.15) is 92.7 Å². The van der Waals surface area contributed by atoms with Crippen molar-refractivity contribution in [2.75, 3.05) is 0 Å². The van der Waals surface area contributed by atoms with E-state index in [9.17, 15) is 0 Å². The third-order valence-corrected chi connectivity index (χ3v) is 11.9. The van der Waals surface area contributed by atoms with Crippen LogP contribution in [-0.2, 0) is 37.3 Å². The minimum absolute atomic E-state index is 0. The third kappa shape index (κ3) is 8.98. The van der Waals surface area contributed by atoms with Crippen molar-refractivity contribution in [1.82, 2.24) is 19.2 Å². The summed E-state index contributed by atoms with van der Waals surface area (Å²) in [6.07, 6.45) is 5.22. The number of benzene rings is 7. The van der Waals surface area contributed by atoms with Crippen molar-refractivity contribution < 1.29 is 44.2 Å². The number of nitrogens with zero attached hydrogens (tertiary/aromatic N) is 5. The second-order valence-electron chi connectivity index (χ2n) is 19.8. The van der Waals surface area contributed by atoms with E-state index in [2.05, 4.69) is 122 Å². The molecule has 0 spiro atoms. The first-order valence-electron chi connectivity index (χ1n) is 27.3. The fraction of sp³-hybridized carbons (Fsp3) is 0.197. The summed E-state index contributed by atoms with van der Waals surface area (Å²) < 4.78 is 99.9. The van der Waals surface area contributed by atoms with Crippen molar-refractivity contribution in [3.63, 3.8) is 0 Å². The van der Waals surface area contributed by atoms with Crippen LogP contribution in [0.3, 0.4) is 0 Å². The number of fused-ring (bicyclic) bond motifs is 3. The van der Waals surface area contributed by atoms with Crippen molar-refractivity contribution in [3.05, 3.63) is 205 Å². The summed E-state index contributed by atoms with van der Waals surface area (Å²) in [6, 6.07) is 34.0. The minimum atomic E-state index is -0.591. The molecule has 0 aliphatic rings. The van der Waals surface area contributed by atoms with Gasteiger partial charge in [0, 0.05) is 49.8 Å². The Kier molecular flexibility index (Phi) is 9.33. The molecule has 10 aromatic rings. The molecule has 68 heavy (non-hydrogen) atoms. The molecule has 3 heterocycles. The molecule has 0 amide bonds. The Hall–Kier alpha value is -6.88. The van der Waals surface area contributed by atoms with Crippen molar-refractivity contribution in [2.45, 2.75) is 78.6 Å². The van der Waals surface area contributed by atoms with E-state index in [-0.39, 0.29) is 65.3 Å². The molecule has 7 aromatic carbocycles. The van der Waals surface area contributed by atoms with Gasteiger partial charge in [0.2, 0.25) is 0 Å². The quantitative estimate of drug-likeness (QED) is 0.113. The monoisotopic (exact) mass is 1080 g/mol. The van der Waals surface area contributed by atoms with Crippen LogP contribution < -0.4 is 9.42 Å². The van der Waals surface area contributed by atoms with Crippen molar-refractivity contribution in [1.29, 1.82) is 0 Å². The Bertz CT molecular complexity index is 3880. The van der Waals surface area contributed by atoms with Gasteiger partial charge in [-0.05, 0) is 78.8 Å². The van der Waals surface area contributed by atoms with Crippen molar-refractivity contribution >= 4 is 21.8 Å². The molecular weight excluding hydrogens is 1010 g/mol. The summed E-state index contributed by atoms with van der Waals surface area (Å²) in [5.41, 5.74) is 5.07. The smallest absolute Gasteiger partial charge is 0.272 e. The Labute approximate surface area is 429 Å². The van der Waals surface area contributed by atoms with Gasteiger partial charge in [0.25, 0.3) is 6.33 Å².